The number of hydrogen-bond donors (Lipinski definition) is 6. The number of rotatable bonds is 13. The third kappa shape index (κ3) is 9.00. The van der Waals surface area contributed by atoms with Crippen LogP contribution in [0.4, 0.5) is 0 Å². The van der Waals surface area contributed by atoms with Crippen molar-refractivity contribution in [3.8, 4) is 0 Å². The minimum Gasteiger partial charge on any atom is -0.462 e. The van der Waals surface area contributed by atoms with Gasteiger partial charge in [-0.25, -0.2) is 4.57 Å². The Balaban J connectivity index is 2.76. The number of unbranched alkanes of at least 4 members (excludes halogenated alkanes) is 1. The van der Waals surface area contributed by atoms with Gasteiger partial charge in [-0.15, -0.1) is 0 Å². The van der Waals surface area contributed by atoms with Crippen LogP contribution in [0, 0.1) is 0 Å². The highest BCUT2D eigenvalue weighted by Gasteiger charge is 2.51. The molecule has 1 fully saturated rings. The van der Waals surface area contributed by atoms with Crippen molar-refractivity contribution in [2.45, 2.75) is 88.7 Å². The summed E-state index contributed by atoms with van der Waals surface area (Å²) in [4.78, 5) is 33.4. The molecule has 14 heteroatoms. The Bertz CT molecular complexity index is 628. The molecule has 0 aromatic heterocycles. The average molecular weight is 488 g/mol. The van der Waals surface area contributed by atoms with E-state index in [1.165, 1.54) is 0 Å². The van der Waals surface area contributed by atoms with E-state index in [0.29, 0.717) is 12.8 Å². The summed E-state index contributed by atoms with van der Waals surface area (Å²) in [5, 5.41) is 48.7. The number of aliphatic hydroxyl groups is 5. The van der Waals surface area contributed by atoms with Gasteiger partial charge >= 0.3 is 19.8 Å². The lowest BCUT2D eigenvalue weighted by atomic mass is 9.85. The van der Waals surface area contributed by atoms with Crippen molar-refractivity contribution in [3.63, 3.8) is 0 Å². The zero-order valence-corrected chi connectivity index (χ0v) is 18.9. The molecule has 6 N–H and O–H groups in total. The van der Waals surface area contributed by atoms with Crippen molar-refractivity contribution >= 4 is 19.8 Å². The first-order valence-electron chi connectivity index (χ1n) is 10.3. The highest BCUT2D eigenvalue weighted by molar-refractivity contribution is 7.47. The second-order valence-corrected chi connectivity index (χ2v) is 8.84. The van der Waals surface area contributed by atoms with Gasteiger partial charge in [0.25, 0.3) is 0 Å². The van der Waals surface area contributed by atoms with Gasteiger partial charge in [-0.3, -0.25) is 18.6 Å². The van der Waals surface area contributed by atoms with E-state index < -0.39 is 75.7 Å². The van der Waals surface area contributed by atoms with E-state index in [2.05, 4.69) is 4.52 Å². The van der Waals surface area contributed by atoms with Gasteiger partial charge in [0, 0.05) is 12.8 Å². The molecule has 0 heterocycles. The summed E-state index contributed by atoms with van der Waals surface area (Å²) in [6.45, 7) is 2.43. The van der Waals surface area contributed by atoms with Crippen LogP contribution in [0.1, 0.15) is 46.0 Å². The van der Waals surface area contributed by atoms with Crippen LogP contribution in [0.2, 0.25) is 0 Å². The molecule has 1 saturated carbocycles. The van der Waals surface area contributed by atoms with Crippen molar-refractivity contribution in [2.24, 2.45) is 0 Å². The van der Waals surface area contributed by atoms with Crippen molar-refractivity contribution in [1.29, 1.82) is 0 Å². The average Bonchev–Trinajstić information content (AvgIpc) is 2.74. The highest BCUT2D eigenvalue weighted by atomic mass is 31.2. The Morgan fingerprint density at radius 2 is 1.41 bits per heavy atom. The molecule has 6 atom stereocenters. The maximum absolute atomic E-state index is 12.3. The number of carbonyl (C=O) groups excluding carboxylic acids is 2. The number of esters is 2. The van der Waals surface area contributed by atoms with E-state index in [0.717, 1.165) is 6.42 Å². The largest absolute Gasteiger partial charge is 0.472 e. The fraction of sp³-hybridized carbons (Fsp3) is 0.889. The molecule has 1 rings (SSSR count). The quantitative estimate of drug-likeness (QED) is 0.132. The van der Waals surface area contributed by atoms with Crippen LogP contribution in [0.5, 0.6) is 0 Å². The van der Waals surface area contributed by atoms with Gasteiger partial charge in [0.2, 0.25) is 0 Å². The molecule has 32 heavy (non-hydrogen) atoms. The van der Waals surface area contributed by atoms with Gasteiger partial charge in [-0.05, 0) is 12.8 Å². The lowest BCUT2D eigenvalue weighted by Crippen LogP contribution is -2.64. The molecule has 0 aromatic rings. The molecule has 188 valence electrons. The van der Waals surface area contributed by atoms with Crippen LogP contribution < -0.4 is 0 Å². The highest BCUT2D eigenvalue weighted by Crippen LogP contribution is 2.47. The summed E-state index contributed by atoms with van der Waals surface area (Å²) in [5.41, 5.74) is 0. The van der Waals surface area contributed by atoms with Gasteiger partial charge in [-0.2, -0.15) is 0 Å². The fourth-order valence-corrected chi connectivity index (χ4v) is 3.80. The Morgan fingerprint density at radius 3 is 1.94 bits per heavy atom. The minimum atomic E-state index is -5.04. The van der Waals surface area contributed by atoms with E-state index in [1.54, 1.807) is 6.92 Å². The predicted octanol–water partition coefficient (Wildman–Crippen LogP) is -1.25. The molecule has 1 aliphatic carbocycles. The molecule has 0 aromatic carbocycles. The molecule has 0 bridgehead atoms. The standard InChI is InChI=1S/C18H33O13P/c1-3-5-7-12(20)30-10(8-28-11(19)6-4-2)9-29-32(26,27)31-18-16(24)14(22)13(21)15(23)17(18)25/h10,13-18,21-25H,3-9H2,1-2H3,(H,26,27). The van der Waals surface area contributed by atoms with Crippen molar-refractivity contribution in [3.05, 3.63) is 0 Å². The molecule has 0 saturated heterocycles. The Hall–Kier alpha value is -1.15. The molecule has 1 aliphatic rings. The molecule has 0 amide bonds. The number of aliphatic hydroxyl groups excluding tert-OH is 5. The Labute approximate surface area is 185 Å². The first kappa shape index (κ1) is 28.9. The van der Waals surface area contributed by atoms with E-state index >= 15 is 0 Å². The molecule has 6 unspecified atom stereocenters. The van der Waals surface area contributed by atoms with Crippen LogP contribution >= 0.6 is 7.82 Å². The first-order valence-corrected chi connectivity index (χ1v) is 11.8. The lowest BCUT2D eigenvalue weighted by molar-refractivity contribution is -0.220. The number of phosphoric ester groups is 1. The maximum atomic E-state index is 12.3. The second kappa shape index (κ2) is 13.5. The SMILES string of the molecule is CCCCC(=O)OC(COC(=O)CCC)COP(=O)(O)OC1C(O)C(O)C(O)C(O)C1O. The molecule has 0 radical (unpaired) electrons. The third-order valence-corrected chi connectivity index (χ3v) is 5.65. The Kier molecular flexibility index (Phi) is 12.2. The normalized spacial score (nSPS) is 30.9. The van der Waals surface area contributed by atoms with Crippen LogP contribution in [0.25, 0.3) is 0 Å². The monoisotopic (exact) mass is 488 g/mol. The first-order chi connectivity index (χ1) is 14.9. The second-order valence-electron chi connectivity index (χ2n) is 7.44. The summed E-state index contributed by atoms with van der Waals surface area (Å²) in [7, 11) is -5.04. The zero-order chi connectivity index (χ0) is 24.5. The van der Waals surface area contributed by atoms with Crippen molar-refractivity contribution in [1.82, 2.24) is 0 Å². The third-order valence-electron chi connectivity index (χ3n) is 4.67. The predicted molar refractivity (Wildman–Crippen MR) is 106 cm³/mol. The fourth-order valence-electron chi connectivity index (χ4n) is 2.83. The van der Waals surface area contributed by atoms with Crippen LogP contribution in [0.3, 0.4) is 0 Å². The van der Waals surface area contributed by atoms with Gasteiger partial charge < -0.3 is 39.9 Å². The number of carbonyl (C=O) groups is 2. The minimum absolute atomic E-state index is 0.0712. The summed E-state index contributed by atoms with van der Waals surface area (Å²) < 4.78 is 31.8. The van der Waals surface area contributed by atoms with Gasteiger partial charge in [0.1, 0.15) is 43.2 Å². The summed E-state index contributed by atoms with van der Waals surface area (Å²) in [6, 6.07) is 0. The maximum Gasteiger partial charge on any atom is 0.472 e. The lowest BCUT2D eigenvalue weighted by Gasteiger charge is -2.41. The molecule has 13 nitrogen and oxygen atoms in total. The van der Waals surface area contributed by atoms with Crippen molar-refractivity contribution in [2.75, 3.05) is 13.2 Å². The summed E-state index contributed by atoms with van der Waals surface area (Å²) in [5.74, 6) is -1.21. The van der Waals surface area contributed by atoms with E-state index in [-0.39, 0.29) is 12.8 Å². The smallest absolute Gasteiger partial charge is 0.462 e. The number of phosphoric acid groups is 1. The topological polar surface area (TPSA) is 210 Å². The van der Waals surface area contributed by atoms with Crippen LogP contribution in [-0.2, 0) is 32.7 Å². The molecule has 0 spiro atoms. The molecular formula is C18H33O13P. The van der Waals surface area contributed by atoms with Crippen LogP contribution in [-0.4, -0.2) is 98.3 Å². The van der Waals surface area contributed by atoms with E-state index in [4.69, 9.17) is 14.0 Å². The van der Waals surface area contributed by atoms with Gasteiger partial charge in [0.15, 0.2) is 6.10 Å². The summed E-state index contributed by atoms with van der Waals surface area (Å²) in [6.07, 6.45) is -11.2. The number of ether oxygens (including phenoxy) is 2. The van der Waals surface area contributed by atoms with Crippen molar-refractivity contribution < 1.29 is 63.1 Å². The molecular weight excluding hydrogens is 455 g/mol. The Morgan fingerprint density at radius 1 is 0.844 bits per heavy atom. The van der Waals surface area contributed by atoms with Gasteiger partial charge in [0.05, 0.1) is 6.61 Å². The number of hydrogen-bond acceptors (Lipinski definition) is 12. The summed E-state index contributed by atoms with van der Waals surface area (Å²) >= 11 is 0. The zero-order valence-electron chi connectivity index (χ0n) is 18.0. The van der Waals surface area contributed by atoms with Crippen LogP contribution in [0.15, 0.2) is 0 Å². The molecule has 0 aliphatic heterocycles. The van der Waals surface area contributed by atoms with E-state index in [1.807, 2.05) is 6.92 Å². The van der Waals surface area contributed by atoms with E-state index in [9.17, 15) is 44.6 Å². The van der Waals surface area contributed by atoms with Gasteiger partial charge in [-0.1, -0.05) is 20.3 Å².